The zero-order chi connectivity index (χ0) is 15.0. The number of nitrogens with zero attached hydrogens (tertiary/aromatic N) is 2. The second-order valence-corrected chi connectivity index (χ2v) is 8.28. The molecule has 1 spiro atoms. The summed E-state index contributed by atoms with van der Waals surface area (Å²) in [4.78, 5) is 5.26. The third kappa shape index (κ3) is 3.37. The molecule has 2 fully saturated rings. The van der Waals surface area contributed by atoms with Gasteiger partial charge in [-0.3, -0.25) is 9.80 Å². The van der Waals surface area contributed by atoms with Gasteiger partial charge in [-0.15, -0.1) is 0 Å². The lowest BCUT2D eigenvalue weighted by Crippen LogP contribution is -2.62. The van der Waals surface area contributed by atoms with Crippen LogP contribution in [0.2, 0.25) is 0 Å². The van der Waals surface area contributed by atoms with E-state index in [0.29, 0.717) is 11.1 Å². The van der Waals surface area contributed by atoms with Crippen molar-refractivity contribution in [1.29, 1.82) is 0 Å². The van der Waals surface area contributed by atoms with Crippen molar-refractivity contribution >= 4 is 0 Å². The van der Waals surface area contributed by atoms with Crippen LogP contribution in [0.5, 0.6) is 0 Å². The number of likely N-dealkylation sites (tertiary alicyclic amines) is 1. The summed E-state index contributed by atoms with van der Waals surface area (Å²) in [6.07, 6.45) is 3.57. The van der Waals surface area contributed by atoms with Crippen LogP contribution in [0.1, 0.15) is 60.8 Å². The van der Waals surface area contributed by atoms with Crippen molar-refractivity contribution in [3.8, 4) is 0 Å². The van der Waals surface area contributed by atoms with Gasteiger partial charge in [0.1, 0.15) is 0 Å². The predicted octanol–water partition coefficient (Wildman–Crippen LogP) is 3.14. The van der Waals surface area contributed by atoms with E-state index in [2.05, 4.69) is 51.3 Å². The summed E-state index contributed by atoms with van der Waals surface area (Å²) < 4.78 is 6.27. The zero-order valence-corrected chi connectivity index (χ0v) is 14.5. The Morgan fingerprint density at radius 1 is 0.950 bits per heavy atom. The summed E-state index contributed by atoms with van der Waals surface area (Å²) >= 11 is 0. The molecule has 0 saturated carbocycles. The molecule has 0 amide bonds. The Balaban J connectivity index is 1.99. The third-order valence-corrected chi connectivity index (χ3v) is 5.59. The fraction of sp³-hybridized carbons (Fsp3) is 1.00. The monoisotopic (exact) mass is 282 g/mol. The molecule has 20 heavy (non-hydrogen) atoms. The van der Waals surface area contributed by atoms with E-state index in [1.807, 2.05) is 0 Å². The van der Waals surface area contributed by atoms with Crippen LogP contribution in [0.4, 0.5) is 0 Å². The maximum Gasteiger partial charge on any atom is 0.0834 e. The van der Waals surface area contributed by atoms with Gasteiger partial charge in [0.25, 0.3) is 0 Å². The molecule has 0 aromatic carbocycles. The first-order valence-corrected chi connectivity index (χ1v) is 8.33. The van der Waals surface area contributed by atoms with Crippen molar-refractivity contribution in [3.63, 3.8) is 0 Å². The molecule has 118 valence electrons. The first-order valence-electron chi connectivity index (χ1n) is 8.33. The average Bonchev–Trinajstić information content (AvgIpc) is 2.38. The van der Waals surface area contributed by atoms with Crippen LogP contribution >= 0.6 is 0 Å². The zero-order valence-electron chi connectivity index (χ0n) is 14.5. The van der Waals surface area contributed by atoms with Gasteiger partial charge in [0, 0.05) is 37.3 Å². The first kappa shape index (κ1) is 16.3. The average molecular weight is 282 g/mol. The van der Waals surface area contributed by atoms with Crippen molar-refractivity contribution in [2.45, 2.75) is 77.5 Å². The molecule has 0 aliphatic carbocycles. The molecule has 0 unspecified atom stereocenters. The highest BCUT2D eigenvalue weighted by atomic mass is 16.5. The minimum atomic E-state index is 0.117. The normalized spacial score (nSPS) is 26.1. The molecule has 0 aromatic heterocycles. The van der Waals surface area contributed by atoms with E-state index in [0.717, 1.165) is 19.7 Å². The van der Waals surface area contributed by atoms with E-state index in [4.69, 9.17) is 4.74 Å². The molecule has 2 saturated heterocycles. The van der Waals surface area contributed by atoms with Gasteiger partial charge < -0.3 is 4.74 Å². The number of morpholine rings is 1. The van der Waals surface area contributed by atoms with Crippen LogP contribution < -0.4 is 0 Å². The van der Waals surface area contributed by atoms with Gasteiger partial charge in [0.15, 0.2) is 0 Å². The summed E-state index contributed by atoms with van der Waals surface area (Å²) in [5.74, 6) is 0. The largest absolute Gasteiger partial charge is 0.372 e. The molecule has 0 radical (unpaired) electrons. The van der Waals surface area contributed by atoms with E-state index in [-0.39, 0.29) is 5.60 Å². The summed E-state index contributed by atoms with van der Waals surface area (Å²) in [7, 11) is 0. The Hall–Kier alpha value is -0.120. The SMILES string of the molecule is CCC(C)(C)N1CCOC2(CCN(C(C)(C)C)CC2)C1. The Bertz CT molecular complexity index is 324. The number of piperidine rings is 1. The lowest BCUT2D eigenvalue weighted by molar-refractivity contribution is -0.158. The second kappa shape index (κ2) is 5.58. The van der Waals surface area contributed by atoms with Crippen LogP contribution in [0.25, 0.3) is 0 Å². The van der Waals surface area contributed by atoms with Crippen molar-refractivity contribution < 1.29 is 4.74 Å². The molecule has 2 aliphatic heterocycles. The molecule has 0 aromatic rings. The summed E-state index contributed by atoms with van der Waals surface area (Å²) in [5.41, 5.74) is 0.711. The van der Waals surface area contributed by atoms with E-state index in [1.165, 1.54) is 32.4 Å². The van der Waals surface area contributed by atoms with Crippen LogP contribution in [-0.4, -0.2) is 59.3 Å². The highest BCUT2D eigenvalue weighted by Crippen LogP contribution is 2.35. The quantitative estimate of drug-likeness (QED) is 0.774. The van der Waals surface area contributed by atoms with Crippen LogP contribution in [0, 0.1) is 0 Å². The molecule has 0 N–H and O–H groups in total. The summed E-state index contributed by atoms with van der Waals surface area (Å²) in [6, 6.07) is 0. The molecule has 2 heterocycles. The van der Waals surface area contributed by atoms with E-state index < -0.39 is 0 Å². The van der Waals surface area contributed by atoms with E-state index >= 15 is 0 Å². The van der Waals surface area contributed by atoms with Gasteiger partial charge >= 0.3 is 0 Å². The predicted molar refractivity (Wildman–Crippen MR) is 85.2 cm³/mol. The Morgan fingerprint density at radius 2 is 1.55 bits per heavy atom. The third-order valence-electron chi connectivity index (χ3n) is 5.59. The lowest BCUT2D eigenvalue weighted by Gasteiger charge is -2.53. The molecular formula is C17H34N2O. The Labute approximate surface area is 125 Å². The van der Waals surface area contributed by atoms with Gasteiger partial charge in [-0.05, 0) is 53.9 Å². The number of hydrogen-bond donors (Lipinski definition) is 0. The van der Waals surface area contributed by atoms with Gasteiger partial charge in [-0.25, -0.2) is 0 Å². The van der Waals surface area contributed by atoms with E-state index in [9.17, 15) is 0 Å². The van der Waals surface area contributed by atoms with Crippen molar-refractivity contribution in [2.75, 3.05) is 32.8 Å². The Morgan fingerprint density at radius 3 is 2.05 bits per heavy atom. The maximum absolute atomic E-state index is 6.27. The van der Waals surface area contributed by atoms with Gasteiger partial charge in [-0.1, -0.05) is 6.92 Å². The fourth-order valence-corrected chi connectivity index (χ4v) is 3.47. The molecule has 2 rings (SSSR count). The minimum Gasteiger partial charge on any atom is -0.372 e. The Kier molecular flexibility index (Phi) is 4.54. The van der Waals surface area contributed by atoms with Crippen LogP contribution in [-0.2, 0) is 4.74 Å². The van der Waals surface area contributed by atoms with E-state index in [1.54, 1.807) is 0 Å². The van der Waals surface area contributed by atoms with Gasteiger partial charge in [0.2, 0.25) is 0 Å². The van der Waals surface area contributed by atoms with Gasteiger partial charge in [0.05, 0.1) is 12.2 Å². The van der Waals surface area contributed by atoms with Gasteiger partial charge in [-0.2, -0.15) is 0 Å². The fourth-order valence-electron chi connectivity index (χ4n) is 3.47. The molecule has 0 atom stereocenters. The number of hydrogen-bond acceptors (Lipinski definition) is 3. The standard InChI is InChI=1S/C17H34N2O/c1-7-16(5,6)19-12-13-20-17(14-19)8-10-18(11-9-17)15(2,3)4/h7-14H2,1-6H3. The minimum absolute atomic E-state index is 0.117. The topological polar surface area (TPSA) is 15.7 Å². The maximum atomic E-state index is 6.27. The molecule has 3 nitrogen and oxygen atoms in total. The smallest absolute Gasteiger partial charge is 0.0834 e. The van der Waals surface area contributed by atoms with Crippen LogP contribution in [0.15, 0.2) is 0 Å². The molecule has 0 bridgehead atoms. The number of rotatable bonds is 2. The van der Waals surface area contributed by atoms with Crippen LogP contribution in [0.3, 0.4) is 0 Å². The highest BCUT2D eigenvalue weighted by molar-refractivity contribution is 4.97. The lowest BCUT2D eigenvalue weighted by atomic mass is 9.85. The summed E-state index contributed by atoms with van der Waals surface area (Å²) in [5, 5.41) is 0. The molecule has 3 heteroatoms. The first-order chi connectivity index (χ1) is 9.19. The summed E-state index contributed by atoms with van der Waals surface area (Å²) in [6.45, 7) is 19.4. The molecule has 2 aliphatic rings. The van der Waals surface area contributed by atoms with Crippen molar-refractivity contribution in [1.82, 2.24) is 9.80 Å². The van der Waals surface area contributed by atoms with Crippen molar-refractivity contribution in [3.05, 3.63) is 0 Å². The van der Waals surface area contributed by atoms with Crippen molar-refractivity contribution in [2.24, 2.45) is 0 Å². The number of ether oxygens (including phenoxy) is 1. The highest BCUT2D eigenvalue weighted by Gasteiger charge is 2.43. The molecular weight excluding hydrogens is 248 g/mol. The second-order valence-electron chi connectivity index (χ2n) is 8.28.